The molecule has 0 aromatic heterocycles. The van der Waals surface area contributed by atoms with Crippen molar-refractivity contribution < 1.29 is 27.1 Å². The van der Waals surface area contributed by atoms with Crippen molar-refractivity contribution in [3.8, 4) is 0 Å². The molecule has 9 heteroatoms. The van der Waals surface area contributed by atoms with Crippen LogP contribution in [0.3, 0.4) is 0 Å². The van der Waals surface area contributed by atoms with Gasteiger partial charge in [0, 0.05) is 18.7 Å². The van der Waals surface area contributed by atoms with Gasteiger partial charge in [0.15, 0.2) is 0 Å². The first-order valence-electron chi connectivity index (χ1n) is 8.14. The summed E-state index contributed by atoms with van der Waals surface area (Å²) < 4.78 is 44.1. The summed E-state index contributed by atoms with van der Waals surface area (Å²) in [6.07, 6.45) is -0.0972. The second-order valence-corrected chi connectivity index (χ2v) is 7.21. The third-order valence-electron chi connectivity index (χ3n) is 3.45. The number of carbonyl (C=O) groups is 2. The van der Waals surface area contributed by atoms with E-state index in [1.54, 1.807) is 19.1 Å². The summed E-state index contributed by atoms with van der Waals surface area (Å²) in [6, 6.07) is 10.5. The summed E-state index contributed by atoms with van der Waals surface area (Å²) in [4.78, 5) is 23.4. The molecular weight excluding hydrogens is 375 g/mol. The summed E-state index contributed by atoms with van der Waals surface area (Å²) in [5, 5.41) is 2.60. The lowest BCUT2D eigenvalue weighted by atomic mass is 10.2. The second kappa shape index (κ2) is 9.24. The maximum Gasteiger partial charge on any atom is 0.338 e. The topological polar surface area (TPSA) is 102 Å². The lowest BCUT2D eigenvalue weighted by Gasteiger charge is -2.08. The predicted molar refractivity (Wildman–Crippen MR) is 97.2 cm³/mol. The van der Waals surface area contributed by atoms with Gasteiger partial charge in [-0.15, -0.1) is 0 Å². The lowest BCUT2D eigenvalue weighted by Crippen LogP contribution is -2.27. The van der Waals surface area contributed by atoms with Crippen molar-refractivity contribution in [1.82, 2.24) is 4.72 Å². The molecule has 0 radical (unpaired) electrons. The zero-order chi connectivity index (χ0) is 19.9. The maximum atomic E-state index is 12.9. The number of esters is 1. The van der Waals surface area contributed by atoms with Crippen LogP contribution in [-0.4, -0.2) is 33.4 Å². The van der Waals surface area contributed by atoms with Gasteiger partial charge >= 0.3 is 5.97 Å². The van der Waals surface area contributed by atoms with Gasteiger partial charge in [0.05, 0.1) is 17.1 Å². The Labute approximate surface area is 156 Å². The molecule has 1 amide bonds. The Morgan fingerprint density at radius 3 is 2.26 bits per heavy atom. The Hall–Kier alpha value is -2.78. The minimum Gasteiger partial charge on any atom is -0.462 e. The zero-order valence-corrected chi connectivity index (χ0v) is 15.4. The molecule has 27 heavy (non-hydrogen) atoms. The zero-order valence-electron chi connectivity index (χ0n) is 14.6. The first kappa shape index (κ1) is 20.5. The molecule has 0 atom stereocenters. The molecule has 2 rings (SSSR count). The van der Waals surface area contributed by atoms with Gasteiger partial charge in [0.25, 0.3) is 0 Å². The second-order valence-electron chi connectivity index (χ2n) is 5.45. The highest BCUT2D eigenvalue weighted by molar-refractivity contribution is 7.89. The molecule has 7 nitrogen and oxygen atoms in total. The number of benzene rings is 2. The van der Waals surface area contributed by atoms with Crippen LogP contribution < -0.4 is 10.0 Å². The van der Waals surface area contributed by atoms with Crippen LogP contribution >= 0.6 is 0 Å². The number of carbonyl (C=O) groups excluding carboxylic acids is 2. The van der Waals surface area contributed by atoms with Gasteiger partial charge in [-0.1, -0.05) is 0 Å². The highest BCUT2D eigenvalue weighted by atomic mass is 32.2. The smallest absolute Gasteiger partial charge is 0.338 e. The predicted octanol–water partition coefficient (Wildman–Crippen LogP) is 2.31. The highest BCUT2D eigenvalue weighted by Gasteiger charge is 2.14. The van der Waals surface area contributed by atoms with E-state index in [0.29, 0.717) is 11.3 Å². The van der Waals surface area contributed by atoms with E-state index in [4.69, 9.17) is 4.74 Å². The summed E-state index contributed by atoms with van der Waals surface area (Å²) in [6.45, 7) is 1.86. The molecule has 2 aromatic rings. The monoisotopic (exact) mass is 394 g/mol. The van der Waals surface area contributed by atoms with Crippen molar-refractivity contribution >= 4 is 27.6 Å². The third-order valence-corrected chi connectivity index (χ3v) is 4.92. The minimum absolute atomic E-state index is 0.0844. The molecule has 0 aliphatic heterocycles. The Morgan fingerprint density at radius 2 is 1.67 bits per heavy atom. The fraction of sp³-hybridized carbons (Fsp3) is 0.222. The lowest BCUT2D eigenvalue weighted by molar-refractivity contribution is -0.116. The van der Waals surface area contributed by atoms with E-state index in [1.165, 1.54) is 12.1 Å². The molecule has 0 unspecified atom stereocenters. The van der Waals surface area contributed by atoms with Gasteiger partial charge in [-0.3, -0.25) is 4.79 Å². The fourth-order valence-electron chi connectivity index (χ4n) is 2.12. The van der Waals surface area contributed by atoms with Crippen molar-refractivity contribution in [2.24, 2.45) is 0 Å². The van der Waals surface area contributed by atoms with Crippen LogP contribution in [0.25, 0.3) is 0 Å². The summed E-state index contributed by atoms with van der Waals surface area (Å²) in [5.41, 5.74) is 0.830. The average molecular weight is 394 g/mol. The Kier molecular flexibility index (Phi) is 7.03. The number of sulfonamides is 1. The number of nitrogens with one attached hydrogen (secondary N) is 2. The van der Waals surface area contributed by atoms with Crippen LogP contribution in [0.5, 0.6) is 0 Å². The molecule has 0 saturated carbocycles. The molecule has 0 aliphatic carbocycles. The van der Waals surface area contributed by atoms with Crippen LogP contribution in [0.15, 0.2) is 53.4 Å². The van der Waals surface area contributed by atoms with Crippen LogP contribution in [0.2, 0.25) is 0 Å². The minimum atomic E-state index is -3.81. The van der Waals surface area contributed by atoms with Crippen LogP contribution in [0, 0.1) is 5.82 Å². The summed E-state index contributed by atoms with van der Waals surface area (Å²) >= 11 is 0. The number of hydrogen-bond donors (Lipinski definition) is 2. The van der Waals surface area contributed by atoms with Gasteiger partial charge in [0.2, 0.25) is 15.9 Å². The first-order chi connectivity index (χ1) is 12.8. The van der Waals surface area contributed by atoms with Gasteiger partial charge in [0.1, 0.15) is 5.82 Å². The highest BCUT2D eigenvalue weighted by Crippen LogP contribution is 2.12. The van der Waals surface area contributed by atoms with Crippen molar-refractivity contribution in [1.29, 1.82) is 0 Å². The molecular formula is C18H19FN2O5S. The van der Waals surface area contributed by atoms with Gasteiger partial charge in [-0.2, -0.15) is 0 Å². The third kappa shape index (κ3) is 6.15. The Balaban J connectivity index is 1.84. The maximum absolute atomic E-state index is 12.9. The average Bonchev–Trinajstić information content (AvgIpc) is 2.62. The van der Waals surface area contributed by atoms with E-state index in [2.05, 4.69) is 10.0 Å². The summed E-state index contributed by atoms with van der Waals surface area (Å²) in [7, 11) is -3.81. The van der Waals surface area contributed by atoms with E-state index < -0.39 is 27.7 Å². The first-order valence-corrected chi connectivity index (χ1v) is 9.62. The van der Waals surface area contributed by atoms with E-state index >= 15 is 0 Å². The van der Waals surface area contributed by atoms with Crippen LogP contribution in [0.1, 0.15) is 23.7 Å². The molecule has 0 fully saturated rings. The fourth-order valence-corrected chi connectivity index (χ4v) is 3.16. The van der Waals surface area contributed by atoms with Crippen molar-refractivity contribution in [3.63, 3.8) is 0 Å². The van der Waals surface area contributed by atoms with Crippen molar-refractivity contribution in [2.75, 3.05) is 18.5 Å². The van der Waals surface area contributed by atoms with Gasteiger partial charge < -0.3 is 10.1 Å². The number of ether oxygens (including phenoxy) is 1. The van der Waals surface area contributed by atoms with Gasteiger partial charge in [-0.25, -0.2) is 22.3 Å². The molecule has 0 bridgehead atoms. The molecule has 0 spiro atoms. The Bertz CT molecular complexity index is 896. The van der Waals surface area contributed by atoms with Gasteiger partial charge in [-0.05, 0) is 55.5 Å². The van der Waals surface area contributed by atoms with Crippen molar-refractivity contribution in [2.45, 2.75) is 18.2 Å². The number of anilines is 1. The van der Waals surface area contributed by atoms with E-state index in [9.17, 15) is 22.4 Å². The molecule has 2 N–H and O–H groups in total. The largest absolute Gasteiger partial charge is 0.462 e. The molecule has 2 aromatic carbocycles. The number of rotatable bonds is 8. The van der Waals surface area contributed by atoms with E-state index in [1.807, 2.05) is 0 Å². The quantitative estimate of drug-likeness (QED) is 0.669. The number of hydrogen-bond acceptors (Lipinski definition) is 5. The normalized spacial score (nSPS) is 11.0. The molecule has 0 saturated heterocycles. The summed E-state index contributed by atoms with van der Waals surface area (Å²) in [5.74, 6) is -1.39. The number of halogens is 1. The molecule has 0 aliphatic rings. The SMILES string of the molecule is CCOC(=O)c1ccc(NC(=O)CCNS(=O)(=O)c2ccc(F)cc2)cc1. The number of amides is 1. The standard InChI is InChI=1S/C18H19FN2O5S/c1-2-26-18(23)13-3-7-15(8-4-13)21-17(22)11-12-20-27(24,25)16-9-5-14(19)6-10-16/h3-10,20H,2,11-12H2,1H3,(H,21,22). The van der Waals surface area contributed by atoms with E-state index in [0.717, 1.165) is 24.3 Å². The van der Waals surface area contributed by atoms with E-state index in [-0.39, 0.29) is 24.5 Å². The molecule has 0 heterocycles. The Morgan fingerprint density at radius 1 is 1.04 bits per heavy atom. The van der Waals surface area contributed by atoms with Crippen LogP contribution in [0.4, 0.5) is 10.1 Å². The van der Waals surface area contributed by atoms with Crippen molar-refractivity contribution in [3.05, 3.63) is 59.9 Å². The molecule has 144 valence electrons. The van der Waals surface area contributed by atoms with Crippen LogP contribution in [-0.2, 0) is 19.6 Å².